The van der Waals surface area contributed by atoms with Crippen molar-refractivity contribution in [1.82, 2.24) is 9.97 Å². The van der Waals surface area contributed by atoms with Gasteiger partial charge in [-0.25, -0.2) is 9.97 Å². The first-order chi connectivity index (χ1) is 12.1. The monoisotopic (exact) mass is 331 g/mol. The number of aromatic nitrogens is 2. The molecule has 0 saturated carbocycles. The lowest BCUT2D eigenvalue weighted by Crippen LogP contribution is -2.17. The summed E-state index contributed by atoms with van der Waals surface area (Å²) in [5, 5.41) is 3.94. The topological polar surface area (TPSA) is 68.0 Å². The van der Waals surface area contributed by atoms with Crippen LogP contribution in [-0.4, -0.2) is 15.9 Å². The Balaban J connectivity index is 1.71. The highest BCUT2D eigenvalue weighted by Gasteiger charge is 2.12. The van der Waals surface area contributed by atoms with Gasteiger partial charge < -0.3 is 9.73 Å². The average Bonchev–Trinajstić information content (AvgIpc) is 3.04. The second kappa shape index (κ2) is 6.02. The molecule has 2 aromatic heterocycles. The van der Waals surface area contributed by atoms with Crippen LogP contribution < -0.4 is 5.32 Å². The number of carbonyl (C=O) groups is 1. The summed E-state index contributed by atoms with van der Waals surface area (Å²) in [4.78, 5) is 21.0. The number of nitrogens with one attached hydrogen (secondary N) is 1. The van der Waals surface area contributed by atoms with E-state index in [1.807, 2.05) is 68.4 Å². The van der Waals surface area contributed by atoms with E-state index >= 15 is 0 Å². The zero-order valence-corrected chi connectivity index (χ0v) is 14.0. The summed E-state index contributed by atoms with van der Waals surface area (Å²) in [5.41, 5.74) is 3.63. The van der Waals surface area contributed by atoms with Crippen molar-refractivity contribution >= 4 is 33.6 Å². The van der Waals surface area contributed by atoms with Crippen LogP contribution in [0.2, 0.25) is 0 Å². The third-order valence-corrected chi connectivity index (χ3v) is 4.00. The van der Waals surface area contributed by atoms with Gasteiger partial charge in [0.25, 0.3) is 0 Å². The van der Waals surface area contributed by atoms with Crippen molar-refractivity contribution in [1.29, 1.82) is 0 Å². The van der Waals surface area contributed by atoms with Crippen LogP contribution in [0.5, 0.6) is 0 Å². The SMILES string of the molecule is CC(C)C(=O)Nc1ccc2oc(-c3ccc4ccccc4n3)nc2c1. The van der Waals surface area contributed by atoms with Crippen LogP contribution >= 0.6 is 0 Å². The zero-order valence-electron chi connectivity index (χ0n) is 14.0. The quantitative estimate of drug-likeness (QED) is 0.594. The largest absolute Gasteiger partial charge is 0.435 e. The number of nitrogens with zero attached hydrogens (tertiary/aromatic N) is 2. The van der Waals surface area contributed by atoms with Gasteiger partial charge in [0.05, 0.1) is 5.52 Å². The molecule has 5 heteroatoms. The molecule has 2 heterocycles. The third kappa shape index (κ3) is 2.96. The molecule has 1 amide bonds. The molecule has 0 fully saturated rings. The summed E-state index contributed by atoms with van der Waals surface area (Å²) in [6.07, 6.45) is 0. The molecule has 0 aliphatic heterocycles. The minimum Gasteiger partial charge on any atom is -0.435 e. The van der Waals surface area contributed by atoms with Crippen LogP contribution in [0.1, 0.15) is 13.8 Å². The van der Waals surface area contributed by atoms with E-state index in [4.69, 9.17) is 4.42 Å². The number of pyridine rings is 1. The molecule has 0 radical (unpaired) electrons. The number of carbonyl (C=O) groups excluding carboxylic acids is 1. The highest BCUT2D eigenvalue weighted by atomic mass is 16.3. The maximum absolute atomic E-state index is 11.8. The number of fused-ring (bicyclic) bond motifs is 2. The van der Waals surface area contributed by atoms with Crippen LogP contribution in [0.15, 0.2) is 59.0 Å². The highest BCUT2D eigenvalue weighted by molar-refractivity contribution is 5.94. The molecule has 0 aliphatic rings. The van der Waals surface area contributed by atoms with E-state index in [-0.39, 0.29) is 11.8 Å². The van der Waals surface area contributed by atoms with Gasteiger partial charge in [-0.2, -0.15) is 0 Å². The molecule has 4 rings (SSSR count). The van der Waals surface area contributed by atoms with Crippen LogP contribution in [0, 0.1) is 5.92 Å². The molecule has 0 spiro atoms. The van der Waals surface area contributed by atoms with E-state index < -0.39 is 0 Å². The van der Waals surface area contributed by atoms with Crippen molar-refractivity contribution in [2.24, 2.45) is 5.92 Å². The van der Waals surface area contributed by atoms with Crippen molar-refractivity contribution in [3.05, 3.63) is 54.6 Å². The minimum absolute atomic E-state index is 0.0285. The second-order valence-electron chi connectivity index (χ2n) is 6.23. The Morgan fingerprint density at radius 2 is 1.84 bits per heavy atom. The normalized spacial score (nSPS) is 11.3. The molecule has 4 aromatic rings. The Hall–Kier alpha value is -3.21. The fourth-order valence-corrected chi connectivity index (χ4v) is 2.59. The van der Waals surface area contributed by atoms with Gasteiger partial charge in [-0.3, -0.25) is 4.79 Å². The van der Waals surface area contributed by atoms with Crippen molar-refractivity contribution in [2.75, 3.05) is 5.32 Å². The van der Waals surface area contributed by atoms with Crippen molar-refractivity contribution < 1.29 is 9.21 Å². The molecule has 1 N–H and O–H groups in total. The number of rotatable bonds is 3. The summed E-state index contributed by atoms with van der Waals surface area (Å²) in [6.45, 7) is 3.71. The number of amides is 1. The van der Waals surface area contributed by atoms with Crippen LogP contribution in [0.3, 0.4) is 0 Å². The standard InChI is InChI=1S/C20H17N3O2/c1-12(2)19(24)21-14-8-10-18-17(11-14)23-20(25-18)16-9-7-13-5-3-4-6-15(13)22-16/h3-12H,1-2H3,(H,21,24). The Morgan fingerprint density at radius 3 is 2.68 bits per heavy atom. The molecule has 0 bridgehead atoms. The number of hydrogen-bond acceptors (Lipinski definition) is 4. The summed E-state index contributed by atoms with van der Waals surface area (Å²) in [5.74, 6) is 0.359. The molecule has 0 aliphatic carbocycles. The first kappa shape index (κ1) is 15.3. The lowest BCUT2D eigenvalue weighted by molar-refractivity contribution is -0.118. The third-order valence-electron chi connectivity index (χ3n) is 4.00. The highest BCUT2D eigenvalue weighted by Crippen LogP contribution is 2.26. The van der Waals surface area contributed by atoms with Crippen molar-refractivity contribution in [3.8, 4) is 11.6 Å². The predicted octanol–water partition coefficient (Wildman–Crippen LogP) is 4.64. The predicted molar refractivity (Wildman–Crippen MR) is 98.2 cm³/mol. The van der Waals surface area contributed by atoms with Crippen LogP contribution in [-0.2, 0) is 4.79 Å². The van der Waals surface area contributed by atoms with Gasteiger partial charge in [0, 0.05) is 17.0 Å². The van der Waals surface area contributed by atoms with Gasteiger partial charge in [0.1, 0.15) is 11.2 Å². The Morgan fingerprint density at radius 1 is 1.00 bits per heavy atom. The molecule has 0 saturated heterocycles. The summed E-state index contributed by atoms with van der Waals surface area (Å²) in [7, 11) is 0. The molecule has 2 aromatic carbocycles. The van der Waals surface area contributed by atoms with E-state index in [1.54, 1.807) is 0 Å². The van der Waals surface area contributed by atoms with E-state index in [0.29, 0.717) is 28.4 Å². The Labute approximate surface area is 144 Å². The number of hydrogen-bond donors (Lipinski definition) is 1. The van der Waals surface area contributed by atoms with Gasteiger partial charge in [-0.1, -0.05) is 38.1 Å². The van der Waals surface area contributed by atoms with Gasteiger partial charge in [0.2, 0.25) is 11.8 Å². The smallest absolute Gasteiger partial charge is 0.246 e. The molecule has 124 valence electrons. The maximum Gasteiger partial charge on any atom is 0.246 e. The summed E-state index contributed by atoms with van der Waals surface area (Å²) >= 11 is 0. The van der Waals surface area contributed by atoms with E-state index in [9.17, 15) is 4.79 Å². The second-order valence-corrected chi connectivity index (χ2v) is 6.23. The van der Waals surface area contributed by atoms with Gasteiger partial charge in [-0.15, -0.1) is 0 Å². The van der Waals surface area contributed by atoms with E-state index in [0.717, 1.165) is 10.9 Å². The maximum atomic E-state index is 11.8. The molecule has 5 nitrogen and oxygen atoms in total. The lowest BCUT2D eigenvalue weighted by atomic mass is 10.2. The fraction of sp³-hybridized carbons (Fsp3) is 0.150. The Bertz CT molecular complexity index is 1080. The first-order valence-electron chi connectivity index (χ1n) is 8.18. The van der Waals surface area contributed by atoms with Crippen molar-refractivity contribution in [2.45, 2.75) is 13.8 Å². The molecule has 25 heavy (non-hydrogen) atoms. The van der Waals surface area contributed by atoms with Gasteiger partial charge in [0.15, 0.2) is 5.58 Å². The lowest BCUT2D eigenvalue weighted by Gasteiger charge is -2.06. The average molecular weight is 331 g/mol. The fourth-order valence-electron chi connectivity index (χ4n) is 2.59. The summed E-state index contributed by atoms with van der Waals surface area (Å²) in [6, 6.07) is 17.2. The molecular formula is C20H17N3O2. The molecule has 0 unspecified atom stereocenters. The minimum atomic E-state index is -0.0784. The van der Waals surface area contributed by atoms with Crippen LogP contribution in [0.4, 0.5) is 5.69 Å². The zero-order chi connectivity index (χ0) is 17.4. The number of para-hydroxylation sites is 1. The Kier molecular flexibility index (Phi) is 3.69. The van der Waals surface area contributed by atoms with E-state index in [1.165, 1.54) is 0 Å². The molecule has 0 atom stereocenters. The van der Waals surface area contributed by atoms with Gasteiger partial charge >= 0.3 is 0 Å². The summed E-state index contributed by atoms with van der Waals surface area (Å²) < 4.78 is 5.82. The van der Waals surface area contributed by atoms with Crippen LogP contribution in [0.25, 0.3) is 33.6 Å². The molecular weight excluding hydrogens is 314 g/mol. The first-order valence-corrected chi connectivity index (χ1v) is 8.18. The van der Waals surface area contributed by atoms with Gasteiger partial charge in [-0.05, 0) is 30.3 Å². The number of oxazole rings is 1. The van der Waals surface area contributed by atoms with E-state index in [2.05, 4.69) is 15.3 Å². The number of benzene rings is 2. The number of anilines is 1. The van der Waals surface area contributed by atoms with Crippen molar-refractivity contribution in [3.63, 3.8) is 0 Å².